The Bertz CT molecular complexity index is 319. The van der Waals surface area contributed by atoms with Crippen molar-refractivity contribution < 1.29 is 4.79 Å². The fourth-order valence-electron chi connectivity index (χ4n) is 1.19. The minimum absolute atomic E-state index is 0.0234. The number of nitrogens with two attached hydrogens (primary N) is 1. The van der Waals surface area contributed by atoms with Crippen molar-refractivity contribution >= 4 is 5.91 Å². The first kappa shape index (κ1) is 11.7. The fraction of sp³-hybridized carbons (Fsp3) is 0.600. The van der Waals surface area contributed by atoms with Gasteiger partial charge >= 0.3 is 0 Å². The summed E-state index contributed by atoms with van der Waals surface area (Å²) in [6, 6.07) is 0.0731. The second-order valence-electron chi connectivity index (χ2n) is 3.75. The van der Waals surface area contributed by atoms with Crippen LogP contribution in [0.5, 0.6) is 0 Å². The number of nitrogens with zero attached hydrogens (tertiary/aromatic N) is 2. The van der Waals surface area contributed by atoms with Crippen LogP contribution in [0, 0.1) is 0 Å². The zero-order valence-electron chi connectivity index (χ0n) is 9.23. The van der Waals surface area contributed by atoms with Gasteiger partial charge in [0.15, 0.2) is 0 Å². The minimum atomic E-state index is 0.0234. The van der Waals surface area contributed by atoms with Gasteiger partial charge in [0.25, 0.3) is 0 Å². The molecule has 1 rings (SSSR count). The molecule has 5 nitrogen and oxygen atoms in total. The Kier molecular flexibility index (Phi) is 4.30. The second kappa shape index (κ2) is 5.50. The van der Waals surface area contributed by atoms with Crippen LogP contribution in [0.25, 0.3) is 0 Å². The summed E-state index contributed by atoms with van der Waals surface area (Å²) in [5, 5.41) is 2.80. The Hall–Kier alpha value is -1.36. The Balaban J connectivity index is 2.26. The van der Waals surface area contributed by atoms with Crippen molar-refractivity contribution in [2.24, 2.45) is 12.8 Å². The molecule has 0 bridgehead atoms. The van der Waals surface area contributed by atoms with Crippen LogP contribution in [0.15, 0.2) is 12.4 Å². The number of carbonyl (C=O) groups excluding carboxylic acids is 1. The van der Waals surface area contributed by atoms with Crippen LogP contribution in [0.1, 0.15) is 25.6 Å². The molecule has 0 spiro atoms. The summed E-state index contributed by atoms with van der Waals surface area (Å²) in [6.45, 7) is 2.37. The number of nitrogens with one attached hydrogen (secondary N) is 1. The predicted octanol–water partition coefficient (Wildman–Crippen LogP) is 0.164. The lowest BCUT2D eigenvalue weighted by atomic mass is 10.2. The van der Waals surface area contributed by atoms with Gasteiger partial charge in [0.1, 0.15) is 5.82 Å². The van der Waals surface area contributed by atoms with Gasteiger partial charge in [-0.1, -0.05) is 0 Å². The van der Waals surface area contributed by atoms with Gasteiger partial charge in [-0.05, 0) is 13.3 Å². The van der Waals surface area contributed by atoms with Gasteiger partial charge < -0.3 is 15.6 Å². The van der Waals surface area contributed by atoms with E-state index in [-0.39, 0.29) is 11.9 Å². The third kappa shape index (κ3) is 4.12. The highest BCUT2D eigenvalue weighted by Gasteiger charge is 2.04. The molecule has 0 aliphatic carbocycles. The Morgan fingerprint density at radius 1 is 1.73 bits per heavy atom. The molecule has 1 amide bonds. The van der Waals surface area contributed by atoms with E-state index in [0.29, 0.717) is 19.4 Å². The molecule has 0 saturated heterocycles. The monoisotopic (exact) mass is 210 g/mol. The maximum Gasteiger partial charge on any atom is 0.220 e. The molecule has 84 valence electrons. The van der Waals surface area contributed by atoms with Crippen molar-refractivity contribution in [3.05, 3.63) is 18.2 Å². The molecular weight excluding hydrogens is 192 g/mol. The average molecular weight is 210 g/mol. The number of imidazole rings is 1. The third-order valence-electron chi connectivity index (χ3n) is 2.19. The van der Waals surface area contributed by atoms with Crippen molar-refractivity contribution in [3.8, 4) is 0 Å². The molecular formula is C10H18N4O. The van der Waals surface area contributed by atoms with Gasteiger partial charge in [0.05, 0.1) is 6.54 Å². The molecule has 0 aliphatic heterocycles. The van der Waals surface area contributed by atoms with Gasteiger partial charge in [0, 0.05) is 31.9 Å². The van der Waals surface area contributed by atoms with Gasteiger partial charge in [-0.25, -0.2) is 4.98 Å². The van der Waals surface area contributed by atoms with Crippen LogP contribution < -0.4 is 11.1 Å². The Morgan fingerprint density at radius 3 is 3.00 bits per heavy atom. The lowest BCUT2D eigenvalue weighted by Gasteiger charge is -2.06. The van der Waals surface area contributed by atoms with E-state index in [1.165, 1.54) is 0 Å². The number of hydrogen-bond acceptors (Lipinski definition) is 3. The van der Waals surface area contributed by atoms with E-state index in [1.54, 1.807) is 6.20 Å². The molecule has 1 atom stereocenters. The number of aromatic nitrogens is 2. The quantitative estimate of drug-likeness (QED) is 0.727. The van der Waals surface area contributed by atoms with E-state index < -0.39 is 0 Å². The molecule has 0 aliphatic rings. The summed E-state index contributed by atoms with van der Waals surface area (Å²) >= 11 is 0. The normalized spacial score (nSPS) is 12.5. The molecule has 0 aromatic carbocycles. The summed E-state index contributed by atoms with van der Waals surface area (Å²) in [4.78, 5) is 15.5. The molecule has 1 unspecified atom stereocenters. The lowest BCUT2D eigenvalue weighted by Crippen LogP contribution is -2.26. The predicted molar refractivity (Wildman–Crippen MR) is 57.9 cm³/mol. The van der Waals surface area contributed by atoms with Crippen LogP contribution >= 0.6 is 0 Å². The summed E-state index contributed by atoms with van der Waals surface area (Å²) in [5.74, 6) is 0.874. The zero-order valence-corrected chi connectivity index (χ0v) is 9.23. The number of carbonyl (C=O) groups is 1. The number of hydrogen-bond donors (Lipinski definition) is 2. The largest absolute Gasteiger partial charge is 0.349 e. The zero-order chi connectivity index (χ0) is 11.3. The average Bonchev–Trinajstić information content (AvgIpc) is 2.58. The minimum Gasteiger partial charge on any atom is -0.349 e. The van der Waals surface area contributed by atoms with E-state index >= 15 is 0 Å². The molecule has 0 radical (unpaired) electrons. The Labute approximate surface area is 89.7 Å². The maximum atomic E-state index is 11.4. The first-order chi connectivity index (χ1) is 7.09. The Morgan fingerprint density at radius 2 is 2.47 bits per heavy atom. The number of amides is 1. The van der Waals surface area contributed by atoms with Crippen molar-refractivity contribution in [2.45, 2.75) is 32.4 Å². The molecule has 3 N–H and O–H groups in total. The van der Waals surface area contributed by atoms with Crippen molar-refractivity contribution in [3.63, 3.8) is 0 Å². The van der Waals surface area contributed by atoms with Crippen molar-refractivity contribution in [1.82, 2.24) is 14.9 Å². The smallest absolute Gasteiger partial charge is 0.220 e. The summed E-state index contributed by atoms with van der Waals surface area (Å²) < 4.78 is 1.88. The highest BCUT2D eigenvalue weighted by Crippen LogP contribution is 1.96. The number of aryl methyl sites for hydroxylation is 1. The van der Waals surface area contributed by atoms with Crippen LogP contribution in [0.4, 0.5) is 0 Å². The molecule has 15 heavy (non-hydrogen) atoms. The summed E-state index contributed by atoms with van der Waals surface area (Å²) in [5.41, 5.74) is 5.56. The summed E-state index contributed by atoms with van der Waals surface area (Å²) in [7, 11) is 1.90. The van der Waals surface area contributed by atoms with Crippen LogP contribution in [0.3, 0.4) is 0 Å². The third-order valence-corrected chi connectivity index (χ3v) is 2.19. The highest BCUT2D eigenvalue weighted by atomic mass is 16.1. The van der Waals surface area contributed by atoms with Gasteiger partial charge in [0.2, 0.25) is 5.91 Å². The first-order valence-corrected chi connectivity index (χ1v) is 5.08. The standard InChI is InChI=1S/C10H18N4O/c1-8(11)3-4-10(15)13-7-9-12-5-6-14(9)2/h5-6,8H,3-4,7,11H2,1-2H3,(H,13,15). The lowest BCUT2D eigenvalue weighted by molar-refractivity contribution is -0.121. The summed E-state index contributed by atoms with van der Waals surface area (Å²) in [6.07, 6.45) is 4.75. The number of rotatable bonds is 5. The first-order valence-electron chi connectivity index (χ1n) is 5.08. The molecule has 1 aromatic rings. The molecule has 1 aromatic heterocycles. The van der Waals surface area contributed by atoms with Crippen molar-refractivity contribution in [2.75, 3.05) is 0 Å². The highest BCUT2D eigenvalue weighted by molar-refractivity contribution is 5.75. The second-order valence-corrected chi connectivity index (χ2v) is 3.75. The van der Waals surface area contributed by atoms with Gasteiger partial charge in [-0.2, -0.15) is 0 Å². The van der Waals surface area contributed by atoms with E-state index in [9.17, 15) is 4.79 Å². The maximum absolute atomic E-state index is 11.4. The van der Waals surface area contributed by atoms with E-state index in [1.807, 2.05) is 24.7 Å². The van der Waals surface area contributed by atoms with Gasteiger partial charge in [-0.15, -0.1) is 0 Å². The van der Waals surface area contributed by atoms with E-state index in [0.717, 1.165) is 5.82 Å². The van der Waals surface area contributed by atoms with Gasteiger partial charge in [-0.3, -0.25) is 4.79 Å². The van der Waals surface area contributed by atoms with Crippen molar-refractivity contribution in [1.29, 1.82) is 0 Å². The van der Waals surface area contributed by atoms with Crippen LogP contribution in [-0.4, -0.2) is 21.5 Å². The molecule has 1 heterocycles. The van der Waals surface area contributed by atoms with E-state index in [2.05, 4.69) is 10.3 Å². The SMILES string of the molecule is CC(N)CCC(=O)NCc1nccn1C. The topological polar surface area (TPSA) is 72.9 Å². The van der Waals surface area contributed by atoms with E-state index in [4.69, 9.17) is 5.73 Å². The molecule has 0 fully saturated rings. The van der Waals surface area contributed by atoms with Crippen LogP contribution in [0.2, 0.25) is 0 Å². The molecule has 0 saturated carbocycles. The molecule has 5 heteroatoms. The van der Waals surface area contributed by atoms with Crippen LogP contribution in [-0.2, 0) is 18.4 Å². The fourth-order valence-corrected chi connectivity index (χ4v) is 1.19.